The third-order valence-corrected chi connectivity index (χ3v) is 6.36. The molecule has 1 aliphatic heterocycles. The Bertz CT molecular complexity index is 1340. The minimum absolute atomic E-state index is 0.115. The van der Waals surface area contributed by atoms with Gasteiger partial charge in [-0.15, -0.1) is 0 Å². The van der Waals surface area contributed by atoms with E-state index in [1.165, 1.54) is 42.2 Å². The summed E-state index contributed by atoms with van der Waals surface area (Å²) in [5, 5.41) is 9.98. The second kappa shape index (κ2) is 9.64. The highest BCUT2D eigenvalue weighted by Gasteiger charge is 2.31. The first-order chi connectivity index (χ1) is 16.1. The second-order valence-electron chi connectivity index (χ2n) is 8.10. The molecule has 34 heavy (non-hydrogen) atoms. The number of carbonyl (C=O) groups excluding carboxylic acids is 1. The maximum Gasteiger partial charge on any atom is 0.336 e. The van der Waals surface area contributed by atoms with Crippen LogP contribution >= 0.6 is 23.2 Å². The van der Waals surface area contributed by atoms with E-state index in [-0.39, 0.29) is 33.8 Å². The number of ether oxygens (including phenoxy) is 1. The standard InChI is InChI=1S/C24H20Cl2FNO6/c1-12(23(30)28-6-2-3-13(11-28)24(31)32)33-21-10-20-17(8-19(21)26)16(9-22(29)34-20)15-5-4-14(27)7-18(15)25/h4-5,7-10,12-13H,2-3,6,11H2,1H3,(H,31,32)/t12-,13+/m1/s1. The fourth-order valence-electron chi connectivity index (χ4n) is 4.06. The molecule has 3 aromatic rings. The van der Waals surface area contributed by atoms with Gasteiger partial charge in [0.05, 0.1) is 16.0 Å². The lowest BCUT2D eigenvalue weighted by Gasteiger charge is -2.32. The minimum atomic E-state index is -0.955. The number of hydrogen-bond acceptors (Lipinski definition) is 5. The van der Waals surface area contributed by atoms with Crippen LogP contribution in [0.2, 0.25) is 10.0 Å². The number of carboxylic acid groups (broad SMARTS) is 1. The normalized spacial score (nSPS) is 16.9. The quantitative estimate of drug-likeness (QED) is 0.488. The zero-order valence-corrected chi connectivity index (χ0v) is 19.5. The number of rotatable bonds is 5. The first-order valence-corrected chi connectivity index (χ1v) is 11.3. The summed E-state index contributed by atoms with van der Waals surface area (Å²) in [5.74, 6) is -2.31. The van der Waals surface area contributed by atoms with Gasteiger partial charge >= 0.3 is 11.6 Å². The Kier molecular flexibility index (Phi) is 6.81. The fraction of sp³-hybridized carbons (Fsp3) is 0.292. The van der Waals surface area contributed by atoms with Crippen LogP contribution in [0.3, 0.4) is 0 Å². The summed E-state index contributed by atoms with van der Waals surface area (Å²) >= 11 is 12.6. The molecule has 7 nitrogen and oxygen atoms in total. The predicted molar refractivity (Wildman–Crippen MR) is 125 cm³/mol. The molecule has 0 spiro atoms. The lowest BCUT2D eigenvalue weighted by Crippen LogP contribution is -2.47. The van der Waals surface area contributed by atoms with Crippen molar-refractivity contribution in [1.82, 2.24) is 4.90 Å². The topological polar surface area (TPSA) is 97.0 Å². The molecular weight excluding hydrogens is 488 g/mol. The molecule has 0 radical (unpaired) electrons. The van der Waals surface area contributed by atoms with Crippen molar-refractivity contribution in [3.05, 3.63) is 62.7 Å². The van der Waals surface area contributed by atoms with Crippen molar-refractivity contribution in [2.24, 2.45) is 5.92 Å². The first-order valence-electron chi connectivity index (χ1n) is 10.5. The van der Waals surface area contributed by atoms with Crippen LogP contribution in [0.5, 0.6) is 5.75 Å². The van der Waals surface area contributed by atoms with Crippen molar-refractivity contribution >= 4 is 46.0 Å². The van der Waals surface area contributed by atoms with Crippen LogP contribution in [0.25, 0.3) is 22.1 Å². The van der Waals surface area contributed by atoms with E-state index < -0.39 is 29.4 Å². The van der Waals surface area contributed by atoms with Crippen LogP contribution in [-0.4, -0.2) is 41.1 Å². The van der Waals surface area contributed by atoms with Gasteiger partial charge in [0, 0.05) is 41.7 Å². The van der Waals surface area contributed by atoms with Crippen molar-refractivity contribution in [2.75, 3.05) is 13.1 Å². The monoisotopic (exact) mass is 507 g/mol. The van der Waals surface area contributed by atoms with Crippen LogP contribution < -0.4 is 10.4 Å². The number of carbonyl (C=O) groups is 2. The summed E-state index contributed by atoms with van der Waals surface area (Å²) in [6, 6.07) is 7.97. The van der Waals surface area contributed by atoms with E-state index >= 15 is 0 Å². The predicted octanol–water partition coefficient (Wildman–Crippen LogP) is 5.00. The number of piperidine rings is 1. The molecule has 1 fully saturated rings. The van der Waals surface area contributed by atoms with E-state index in [2.05, 4.69) is 0 Å². The van der Waals surface area contributed by atoms with Gasteiger partial charge in [-0.25, -0.2) is 9.18 Å². The van der Waals surface area contributed by atoms with E-state index in [4.69, 9.17) is 32.4 Å². The molecule has 2 heterocycles. The molecule has 10 heteroatoms. The molecule has 1 saturated heterocycles. The summed E-state index contributed by atoms with van der Waals surface area (Å²) < 4.78 is 24.6. The number of aliphatic carboxylic acids is 1. The second-order valence-corrected chi connectivity index (χ2v) is 8.92. The number of benzene rings is 2. The van der Waals surface area contributed by atoms with Gasteiger partial charge in [0.15, 0.2) is 6.10 Å². The molecule has 0 saturated carbocycles. The number of halogens is 3. The third-order valence-electron chi connectivity index (χ3n) is 5.75. The van der Waals surface area contributed by atoms with Crippen LogP contribution in [0.1, 0.15) is 19.8 Å². The number of likely N-dealkylation sites (tertiary alicyclic amines) is 1. The van der Waals surface area contributed by atoms with Gasteiger partial charge in [0.1, 0.15) is 17.1 Å². The molecule has 1 amide bonds. The van der Waals surface area contributed by atoms with Gasteiger partial charge < -0.3 is 19.2 Å². The third kappa shape index (κ3) is 4.88. The summed E-state index contributed by atoms with van der Waals surface area (Å²) in [4.78, 5) is 37.8. The van der Waals surface area contributed by atoms with E-state index in [1.54, 1.807) is 0 Å². The molecule has 0 bridgehead atoms. The van der Waals surface area contributed by atoms with Crippen molar-refractivity contribution in [3.63, 3.8) is 0 Å². The maximum absolute atomic E-state index is 13.5. The highest BCUT2D eigenvalue weighted by atomic mass is 35.5. The summed E-state index contributed by atoms with van der Waals surface area (Å²) in [5.41, 5.74) is 0.313. The largest absolute Gasteiger partial charge is 0.481 e. The average molecular weight is 508 g/mol. The molecule has 0 aliphatic carbocycles. The highest BCUT2D eigenvalue weighted by molar-refractivity contribution is 6.34. The fourth-order valence-corrected chi connectivity index (χ4v) is 4.54. The summed E-state index contributed by atoms with van der Waals surface area (Å²) in [7, 11) is 0. The molecule has 4 rings (SSSR count). The van der Waals surface area contributed by atoms with E-state index in [9.17, 15) is 23.9 Å². The molecule has 1 aliphatic rings. The number of hydrogen-bond donors (Lipinski definition) is 1. The Labute approximate surface area is 203 Å². The lowest BCUT2D eigenvalue weighted by molar-refractivity contribution is -0.147. The molecule has 0 unspecified atom stereocenters. The molecule has 178 valence electrons. The van der Waals surface area contributed by atoms with E-state index in [0.29, 0.717) is 35.9 Å². The van der Waals surface area contributed by atoms with Gasteiger partial charge in [-0.3, -0.25) is 9.59 Å². The van der Waals surface area contributed by atoms with Crippen molar-refractivity contribution < 1.29 is 28.2 Å². The molecule has 1 N–H and O–H groups in total. The summed E-state index contributed by atoms with van der Waals surface area (Å²) in [6.45, 7) is 2.10. The van der Waals surface area contributed by atoms with E-state index in [1.807, 2.05) is 0 Å². The smallest absolute Gasteiger partial charge is 0.336 e. The Morgan fingerprint density at radius 1 is 1.18 bits per heavy atom. The average Bonchev–Trinajstić information content (AvgIpc) is 2.79. The van der Waals surface area contributed by atoms with Crippen LogP contribution in [0.15, 0.2) is 45.6 Å². The summed E-state index contributed by atoms with van der Waals surface area (Å²) in [6.07, 6.45) is 0.153. The maximum atomic E-state index is 13.5. The van der Waals surface area contributed by atoms with Gasteiger partial charge in [-0.2, -0.15) is 0 Å². The molecular formula is C24H20Cl2FNO6. The van der Waals surface area contributed by atoms with Crippen molar-refractivity contribution in [1.29, 1.82) is 0 Å². The highest BCUT2D eigenvalue weighted by Crippen LogP contribution is 2.37. The zero-order valence-electron chi connectivity index (χ0n) is 18.0. The van der Waals surface area contributed by atoms with Crippen molar-refractivity contribution in [2.45, 2.75) is 25.9 Å². The number of fused-ring (bicyclic) bond motifs is 1. The minimum Gasteiger partial charge on any atom is -0.481 e. The zero-order chi connectivity index (χ0) is 24.6. The van der Waals surface area contributed by atoms with Crippen molar-refractivity contribution in [3.8, 4) is 16.9 Å². The van der Waals surface area contributed by atoms with Gasteiger partial charge in [-0.1, -0.05) is 23.2 Å². The van der Waals surface area contributed by atoms with Gasteiger partial charge in [-0.05, 0) is 44.0 Å². The Balaban J connectivity index is 1.64. The van der Waals surface area contributed by atoms with Gasteiger partial charge in [0.2, 0.25) is 0 Å². The Hall–Kier alpha value is -3.10. The lowest BCUT2D eigenvalue weighted by atomic mass is 9.98. The first kappa shape index (κ1) is 24.0. The Morgan fingerprint density at radius 3 is 2.65 bits per heavy atom. The molecule has 2 atom stereocenters. The molecule has 1 aromatic heterocycles. The van der Waals surface area contributed by atoms with Crippen LogP contribution in [0, 0.1) is 11.7 Å². The SMILES string of the molecule is C[C@@H](Oc1cc2oc(=O)cc(-c3ccc(F)cc3Cl)c2cc1Cl)C(=O)N1CCC[C@H](C(=O)O)C1. The molecule has 2 aromatic carbocycles. The number of carboxylic acids is 1. The van der Waals surface area contributed by atoms with Crippen LogP contribution in [-0.2, 0) is 9.59 Å². The van der Waals surface area contributed by atoms with E-state index in [0.717, 1.165) is 6.07 Å². The van der Waals surface area contributed by atoms with Gasteiger partial charge in [0.25, 0.3) is 5.91 Å². The van der Waals surface area contributed by atoms with Crippen LogP contribution in [0.4, 0.5) is 4.39 Å². The Morgan fingerprint density at radius 2 is 1.94 bits per heavy atom. The number of nitrogens with zero attached hydrogens (tertiary/aromatic N) is 1. The number of amides is 1.